The molecule has 1 unspecified atom stereocenters. The van der Waals surface area contributed by atoms with E-state index >= 15 is 0 Å². The lowest BCUT2D eigenvalue weighted by Crippen LogP contribution is -2.42. The number of thioether (sulfide) groups is 1. The third kappa shape index (κ3) is 3.41. The molecule has 0 aromatic carbocycles. The van der Waals surface area contributed by atoms with Crippen molar-refractivity contribution in [2.45, 2.75) is 25.5 Å². The molecule has 0 saturated carbocycles. The van der Waals surface area contributed by atoms with Crippen molar-refractivity contribution in [3.05, 3.63) is 23.9 Å². The Kier molecular flexibility index (Phi) is 5.07. The van der Waals surface area contributed by atoms with Crippen LogP contribution in [0.4, 0.5) is 5.82 Å². The number of hydrogen-bond acceptors (Lipinski definition) is 4. The number of nitrogens with zero attached hydrogens (tertiary/aromatic N) is 2. The van der Waals surface area contributed by atoms with Crippen molar-refractivity contribution in [1.29, 1.82) is 0 Å². The zero-order chi connectivity index (χ0) is 13.7. The Morgan fingerprint density at radius 1 is 1.58 bits per heavy atom. The lowest BCUT2D eigenvalue weighted by molar-refractivity contribution is 0.0761. The number of carbonyl (C=O) groups is 1. The normalized spacial score (nSPS) is 19.3. The highest BCUT2D eigenvalue weighted by molar-refractivity contribution is 8.00. The van der Waals surface area contributed by atoms with E-state index < -0.39 is 0 Å². The van der Waals surface area contributed by atoms with Gasteiger partial charge < -0.3 is 10.2 Å². The molecule has 2 heterocycles. The highest BCUT2D eigenvalue weighted by Crippen LogP contribution is 2.23. The third-order valence-corrected chi connectivity index (χ3v) is 4.64. The van der Waals surface area contributed by atoms with Crippen LogP contribution in [0.5, 0.6) is 0 Å². The van der Waals surface area contributed by atoms with Gasteiger partial charge in [-0.3, -0.25) is 4.79 Å². The van der Waals surface area contributed by atoms with Crippen molar-refractivity contribution in [3.63, 3.8) is 0 Å². The molecule has 1 N–H and O–H groups in total. The second-order valence-electron chi connectivity index (χ2n) is 4.58. The summed E-state index contributed by atoms with van der Waals surface area (Å²) in [5, 5.41) is 3.72. The molecule has 2 rings (SSSR count). The molecule has 1 fully saturated rings. The summed E-state index contributed by atoms with van der Waals surface area (Å²) in [7, 11) is 0. The van der Waals surface area contributed by atoms with E-state index in [1.54, 1.807) is 6.20 Å². The summed E-state index contributed by atoms with van der Waals surface area (Å²) in [4.78, 5) is 18.8. The molecule has 4 nitrogen and oxygen atoms in total. The summed E-state index contributed by atoms with van der Waals surface area (Å²) in [6, 6.07) is 3.68. The first kappa shape index (κ1) is 14.2. The van der Waals surface area contributed by atoms with Crippen LogP contribution in [0.25, 0.3) is 0 Å². The summed E-state index contributed by atoms with van der Waals surface area (Å²) in [5.41, 5.74) is 0.686. The maximum Gasteiger partial charge on any atom is 0.257 e. The molecule has 0 aliphatic carbocycles. The molecule has 0 bridgehead atoms. The van der Waals surface area contributed by atoms with Gasteiger partial charge in [-0.2, -0.15) is 11.8 Å². The van der Waals surface area contributed by atoms with Crippen molar-refractivity contribution in [2.75, 3.05) is 30.7 Å². The molecule has 5 heteroatoms. The number of anilines is 1. The average Bonchev–Trinajstić information content (AvgIpc) is 2.47. The van der Waals surface area contributed by atoms with Gasteiger partial charge in [0.2, 0.25) is 0 Å². The minimum Gasteiger partial charge on any atom is -0.370 e. The van der Waals surface area contributed by atoms with Crippen LogP contribution in [-0.4, -0.2) is 46.4 Å². The van der Waals surface area contributed by atoms with E-state index in [-0.39, 0.29) is 5.91 Å². The Morgan fingerprint density at radius 2 is 2.42 bits per heavy atom. The molecule has 104 valence electrons. The summed E-state index contributed by atoms with van der Waals surface area (Å²) >= 11 is 1.97. The van der Waals surface area contributed by atoms with Crippen LogP contribution in [0.3, 0.4) is 0 Å². The van der Waals surface area contributed by atoms with Gasteiger partial charge in [-0.25, -0.2) is 4.98 Å². The van der Waals surface area contributed by atoms with Gasteiger partial charge in [-0.05, 0) is 25.5 Å². The summed E-state index contributed by atoms with van der Waals surface area (Å²) in [6.45, 7) is 6.64. The fourth-order valence-electron chi connectivity index (χ4n) is 2.21. The lowest BCUT2D eigenvalue weighted by atomic mass is 10.2. The zero-order valence-electron chi connectivity index (χ0n) is 11.6. The van der Waals surface area contributed by atoms with Gasteiger partial charge in [0.05, 0.1) is 5.56 Å². The molecule has 1 aliphatic rings. The second-order valence-corrected chi connectivity index (χ2v) is 5.99. The molecule has 0 spiro atoms. The summed E-state index contributed by atoms with van der Waals surface area (Å²) in [6.07, 6.45) is 2.83. The van der Waals surface area contributed by atoms with Gasteiger partial charge in [0.25, 0.3) is 5.91 Å². The molecule has 1 aromatic heterocycles. The lowest BCUT2D eigenvalue weighted by Gasteiger charge is -2.32. The van der Waals surface area contributed by atoms with Gasteiger partial charge in [-0.1, -0.05) is 6.92 Å². The number of pyridine rings is 1. The largest absolute Gasteiger partial charge is 0.370 e. The molecule has 1 atom stereocenters. The number of aromatic nitrogens is 1. The minimum absolute atomic E-state index is 0.0998. The quantitative estimate of drug-likeness (QED) is 0.919. The number of carbonyl (C=O) groups excluding carboxylic acids is 1. The average molecular weight is 279 g/mol. The van der Waals surface area contributed by atoms with Gasteiger partial charge in [0, 0.05) is 36.8 Å². The smallest absolute Gasteiger partial charge is 0.257 e. The Morgan fingerprint density at radius 3 is 3.16 bits per heavy atom. The maximum atomic E-state index is 12.6. The first-order chi connectivity index (χ1) is 9.26. The van der Waals surface area contributed by atoms with Crippen LogP contribution < -0.4 is 5.32 Å². The van der Waals surface area contributed by atoms with Gasteiger partial charge in [0.15, 0.2) is 0 Å². The Balaban J connectivity index is 2.14. The molecular formula is C14H21N3OS. The molecule has 0 radical (unpaired) electrons. The standard InChI is InChI=1S/C14H21N3OS/c1-3-11-10-17(8-9-19-11)14(18)12-6-5-7-16-13(12)15-4-2/h5-7,11H,3-4,8-10H2,1-2H3,(H,15,16). The number of amides is 1. The Labute approximate surface area is 119 Å². The molecule has 1 aromatic rings. The number of hydrogen-bond donors (Lipinski definition) is 1. The molecule has 1 saturated heterocycles. The van der Waals surface area contributed by atoms with E-state index in [0.717, 1.165) is 31.8 Å². The summed E-state index contributed by atoms with van der Waals surface area (Å²) < 4.78 is 0. The fourth-order valence-corrected chi connectivity index (χ4v) is 3.39. The van der Waals surface area contributed by atoms with Crippen LogP contribution in [0.1, 0.15) is 30.6 Å². The van der Waals surface area contributed by atoms with Gasteiger partial charge in [-0.15, -0.1) is 0 Å². The van der Waals surface area contributed by atoms with Crippen LogP contribution in [0.2, 0.25) is 0 Å². The van der Waals surface area contributed by atoms with Crippen LogP contribution >= 0.6 is 11.8 Å². The number of rotatable bonds is 4. The predicted octanol–water partition coefficient (Wildman–Crippen LogP) is 2.48. The van der Waals surface area contributed by atoms with Crippen molar-refractivity contribution in [3.8, 4) is 0 Å². The third-order valence-electron chi connectivity index (χ3n) is 3.26. The van der Waals surface area contributed by atoms with Crippen molar-refractivity contribution >= 4 is 23.5 Å². The Hall–Kier alpha value is -1.23. The highest BCUT2D eigenvalue weighted by atomic mass is 32.2. The highest BCUT2D eigenvalue weighted by Gasteiger charge is 2.25. The SMILES string of the molecule is CCNc1ncccc1C(=O)N1CCSC(CC)C1. The maximum absolute atomic E-state index is 12.6. The van der Waals surface area contributed by atoms with Crippen molar-refractivity contribution in [1.82, 2.24) is 9.88 Å². The Bertz CT molecular complexity index is 438. The van der Waals surface area contributed by atoms with Crippen molar-refractivity contribution < 1.29 is 4.79 Å². The first-order valence-corrected chi connectivity index (χ1v) is 7.90. The van der Waals surface area contributed by atoms with Crippen molar-refractivity contribution in [2.24, 2.45) is 0 Å². The minimum atomic E-state index is 0.0998. The van der Waals surface area contributed by atoms with Crippen LogP contribution in [-0.2, 0) is 0 Å². The monoisotopic (exact) mass is 279 g/mol. The van der Waals surface area contributed by atoms with E-state index in [0.29, 0.717) is 16.6 Å². The van der Waals surface area contributed by atoms with Crippen LogP contribution in [0, 0.1) is 0 Å². The summed E-state index contributed by atoms with van der Waals surface area (Å²) in [5.74, 6) is 1.82. The predicted molar refractivity (Wildman–Crippen MR) is 80.8 cm³/mol. The second kappa shape index (κ2) is 6.80. The van der Waals surface area contributed by atoms with E-state index in [1.807, 2.05) is 35.7 Å². The molecule has 1 amide bonds. The number of nitrogens with one attached hydrogen (secondary N) is 1. The fraction of sp³-hybridized carbons (Fsp3) is 0.571. The molecular weight excluding hydrogens is 258 g/mol. The van der Waals surface area contributed by atoms with E-state index in [1.165, 1.54) is 0 Å². The van der Waals surface area contributed by atoms with E-state index in [9.17, 15) is 4.79 Å². The topological polar surface area (TPSA) is 45.2 Å². The van der Waals surface area contributed by atoms with Crippen LogP contribution in [0.15, 0.2) is 18.3 Å². The van der Waals surface area contributed by atoms with Gasteiger partial charge >= 0.3 is 0 Å². The molecule has 19 heavy (non-hydrogen) atoms. The van der Waals surface area contributed by atoms with E-state index in [4.69, 9.17) is 0 Å². The van der Waals surface area contributed by atoms with E-state index in [2.05, 4.69) is 17.2 Å². The van der Waals surface area contributed by atoms with Gasteiger partial charge in [0.1, 0.15) is 5.82 Å². The zero-order valence-corrected chi connectivity index (χ0v) is 12.4. The first-order valence-electron chi connectivity index (χ1n) is 6.86. The molecule has 1 aliphatic heterocycles.